The summed E-state index contributed by atoms with van der Waals surface area (Å²) in [6.07, 6.45) is 4.12. The van der Waals surface area contributed by atoms with Gasteiger partial charge in [-0.05, 0) is 49.1 Å². The normalized spacial score (nSPS) is 18.8. The first kappa shape index (κ1) is 17.3. The van der Waals surface area contributed by atoms with E-state index in [4.69, 9.17) is 16.6 Å². The van der Waals surface area contributed by atoms with Crippen molar-refractivity contribution in [1.29, 1.82) is 0 Å². The minimum Gasteiger partial charge on any atom is -0.349 e. The molecule has 142 valence electrons. The van der Waals surface area contributed by atoms with Crippen molar-refractivity contribution in [2.45, 2.75) is 31.8 Å². The molecule has 6 heteroatoms. The molecule has 2 aliphatic rings. The second kappa shape index (κ2) is 6.99. The average Bonchev–Trinajstić information content (AvgIpc) is 2.90. The minimum absolute atomic E-state index is 0.0265. The molecule has 0 radical (unpaired) electrons. The number of halogens is 1. The van der Waals surface area contributed by atoms with Gasteiger partial charge in [-0.25, -0.2) is 9.67 Å². The highest BCUT2D eigenvalue weighted by Gasteiger charge is 2.29. The second-order valence-corrected chi connectivity index (χ2v) is 7.75. The zero-order valence-electron chi connectivity index (χ0n) is 15.4. The molecular weight excluding hydrogens is 372 g/mol. The van der Waals surface area contributed by atoms with Gasteiger partial charge in [0.05, 0.1) is 5.69 Å². The molecule has 1 aromatic heterocycles. The summed E-state index contributed by atoms with van der Waals surface area (Å²) in [5.74, 6) is 0. The number of H-pyrrole nitrogens is 1. The molecule has 0 bridgehead atoms. The summed E-state index contributed by atoms with van der Waals surface area (Å²) >= 11 is 6.09. The Morgan fingerprint density at radius 1 is 1.00 bits per heavy atom. The third-order valence-electron chi connectivity index (χ3n) is 5.55. The molecule has 3 heterocycles. The molecule has 2 aromatic carbocycles. The number of nitrogens with one attached hydrogen (secondary N) is 1. The maximum absolute atomic E-state index is 13.3. The van der Waals surface area contributed by atoms with Crippen LogP contribution in [0.5, 0.6) is 0 Å². The first-order valence-electron chi connectivity index (χ1n) is 9.72. The van der Waals surface area contributed by atoms with Gasteiger partial charge in [-0.3, -0.25) is 9.89 Å². The Hall–Kier alpha value is -2.79. The van der Waals surface area contributed by atoms with Crippen molar-refractivity contribution in [1.82, 2.24) is 14.7 Å². The third-order valence-corrected chi connectivity index (χ3v) is 5.80. The quantitative estimate of drug-likeness (QED) is 0.728. The molecule has 1 atom stereocenters. The molecule has 1 fully saturated rings. The van der Waals surface area contributed by atoms with Crippen LogP contribution in [0.1, 0.15) is 37.4 Å². The fourth-order valence-corrected chi connectivity index (χ4v) is 4.31. The summed E-state index contributed by atoms with van der Waals surface area (Å²) in [4.78, 5) is 20.5. The van der Waals surface area contributed by atoms with Gasteiger partial charge in [0.1, 0.15) is 11.4 Å². The standard InChI is InChI=1S/C22H21ClN4O/c23-16-12-10-15(11-13-16)21-24-20-19(18-9-5-2-6-14-26(18)21)22(28)27(25-20)17-7-3-1-4-8-17/h1,3-4,7-8,10-13,21H,2,5-6,9,14H2,(H,24,25)/t21-/m0/s1. The predicted octanol–water partition coefficient (Wildman–Crippen LogP) is 3.14. The molecular formula is C22H21ClN4O. The van der Waals surface area contributed by atoms with Crippen LogP contribution in [-0.4, -0.2) is 21.2 Å². The highest BCUT2D eigenvalue weighted by Crippen LogP contribution is 2.32. The number of hydrogen-bond donors (Lipinski definition) is 1. The number of aromatic nitrogens is 2. The number of para-hydroxylation sites is 1. The van der Waals surface area contributed by atoms with Gasteiger partial charge in [0.2, 0.25) is 0 Å². The van der Waals surface area contributed by atoms with Crippen molar-refractivity contribution in [2.24, 2.45) is 4.99 Å². The molecule has 1 N–H and O–H groups in total. The van der Waals surface area contributed by atoms with E-state index >= 15 is 0 Å². The van der Waals surface area contributed by atoms with Crippen LogP contribution in [-0.2, 0) is 0 Å². The molecule has 0 saturated carbocycles. The Bertz CT molecular complexity index is 1180. The van der Waals surface area contributed by atoms with Gasteiger partial charge in [0.15, 0.2) is 5.49 Å². The Morgan fingerprint density at radius 2 is 1.79 bits per heavy atom. The van der Waals surface area contributed by atoms with Gasteiger partial charge in [-0.2, -0.15) is 0 Å². The lowest BCUT2D eigenvalue weighted by Crippen LogP contribution is -2.46. The number of hydrogen-bond acceptors (Lipinski definition) is 3. The maximum Gasteiger partial charge on any atom is 0.282 e. The third kappa shape index (κ3) is 2.87. The van der Waals surface area contributed by atoms with Gasteiger partial charge >= 0.3 is 0 Å². The van der Waals surface area contributed by atoms with Gasteiger partial charge < -0.3 is 4.90 Å². The van der Waals surface area contributed by atoms with E-state index in [1.807, 2.05) is 54.6 Å². The largest absolute Gasteiger partial charge is 0.349 e. The van der Waals surface area contributed by atoms with Crippen LogP contribution in [0.4, 0.5) is 0 Å². The van der Waals surface area contributed by atoms with Gasteiger partial charge in [0.25, 0.3) is 5.56 Å². The van der Waals surface area contributed by atoms with Crippen LogP contribution in [0.25, 0.3) is 11.4 Å². The van der Waals surface area contributed by atoms with E-state index in [1.54, 1.807) is 4.68 Å². The van der Waals surface area contributed by atoms with Crippen LogP contribution in [0.15, 0.2) is 64.4 Å². The number of aromatic amines is 1. The SMILES string of the molecule is O=c1c2c([nH]n1-c1ccccc1)=N[C@H](c1ccc(Cl)cc1)N1CCCCCC=21. The van der Waals surface area contributed by atoms with E-state index in [0.29, 0.717) is 10.5 Å². The molecule has 1 saturated heterocycles. The maximum atomic E-state index is 13.3. The van der Waals surface area contributed by atoms with Crippen LogP contribution in [0.2, 0.25) is 5.02 Å². The van der Waals surface area contributed by atoms with Crippen LogP contribution in [0.3, 0.4) is 0 Å². The molecule has 0 spiro atoms. The van der Waals surface area contributed by atoms with E-state index in [2.05, 4.69) is 10.00 Å². The molecule has 28 heavy (non-hydrogen) atoms. The number of rotatable bonds is 2. The predicted molar refractivity (Wildman–Crippen MR) is 110 cm³/mol. The van der Waals surface area contributed by atoms with E-state index in [0.717, 1.165) is 48.0 Å². The Labute approximate surface area is 167 Å². The number of nitrogens with zero attached hydrogens (tertiary/aromatic N) is 3. The fraction of sp³-hybridized carbons (Fsp3) is 0.273. The summed E-state index contributed by atoms with van der Waals surface area (Å²) in [6, 6.07) is 17.5. The molecule has 0 aliphatic carbocycles. The first-order valence-corrected chi connectivity index (χ1v) is 10.1. The summed E-state index contributed by atoms with van der Waals surface area (Å²) in [7, 11) is 0. The Kier molecular flexibility index (Phi) is 4.32. The van der Waals surface area contributed by atoms with E-state index in [-0.39, 0.29) is 11.7 Å². The lowest BCUT2D eigenvalue weighted by atomic mass is 10.1. The molecule has 5 nitrogen and oxygen atoms in total. The van der Waals surface area contributed by atoms with Crippen molar-refractivity contribution >= 4 is 17.3 Å². The topological polar surface area (TPSA) is 53.4 Å². The highest BCUT2D eigenvalue weighted by atomic mass is 35.5. The second-order valence-electron chi connectivity index (χ2n) is 7.32. The molecule has 5 rings (SSSR count). The van der Waals surface area contributed by atoms with Crippen molar-refractivity contribution in [3.63, 3.8) is 0 Å². The number of benzene rings is 2. The number of fused-ring (bicyclic) bond motifs is 2. The van der Waals surface area contributed by atoms with Crippen LogP contribution < -0.4 is 16.3 Å². The van der Waals surface area contributed by atoms with Gasteiger partial charge in [-0.15, -0.1) is 0 Å². The molecule has 0 unspecified atom stereocenters. The summed E-state index contributed by atoms with van der Waals surface area (Å²) in [5.41, 5.74) is 3.66. The van der Waals surface area contributed by atoms with E-state index in [1.165, 1.54) is 6.42 Å². The molecule has 3 aromatic rings. The zero-order chi connectivity index (χ0) is 19.1. The molecule has 0 amide bonds. The fourth-order valence-electron chi connectivity index (χ4n) is 4.19. The van der Waals surface area contributed by atoms with E-state index in [9.17, 15) is 4.79 Å². The Morgan fingerprint density at radius 3 is 2.57 bits per heavy atom. The summed E-state index contributed by atoms with van der Waals surface area (Å²) < 4.78 is 1.61. The Balaban J connectivity index is 1.75. The minimum atomic E-state index is -0.139. The monoisotopic (exact) mass is 392 g/mol. The van der Waals surface area contributed by atoms with Crippen molar-refractivity contribution < 1.29 is 0 Å². The van der Waals surface area contributed by atoms with Crippen molar-refractivity contribution in [3.8, 4) is 5.69 Å². The summed E-state index contributed by atoms with van der Waals surface area (Å²) in [5, 5.41) is 4.68. The van der Waals surface area contributed by atoms with Crippen LogP contribution >= 0.6 is 11.6 Å². The zero-order valence-corrected chi connectivity index (χ0v) is 16.2. The summed E-state index contributed by atoms with van der Waals surface area (Å²) in [6.45, 7) is 0.904. The van der Waals surface area contributed by atoms with E-state index < -0.39 is 0 Å². The van der Waals surface area contributed by atoms with Crippen molar-refractivity contribution in [3.05, 3.63) is 86.2 Å². The highest BCUT2D eigenvalue weighted by molar-refractivity contribution is 6.30. The van der Waals surface area contributed by atoms with Gasteiger partial charge in [-0.1, -0.05) is 48.4 Å². The molecule has 2 aliphatic heterocycles. The lowest BCUT2D eigenvalue weighted by molar-refractivity contribution is 0.289. The van der Waals surface area contributed by atoms with Gasteiger partial charge in [0, 0.05) is 17.3 Å². The smallest absolute Gasteiger partial charge is 0.282 e. The van der Waals surface area contributed by atoms with Crippen LogP contribution in [0, 0.1) is 0 Å². The van der Waals surface area contributed by atoms with Crippen molar-refractivity contribution in [2.75, 3.05) is 6.54 Å². The average molecular weight is 393 g/mol. The first-order chi connectivity index (χ1) is 13.7. The lowest BCUT2D eigenvalue weighted by Gasteiger charge is -2.33.